The van der Waals surface area contributed by atoms with E-state index in [1.165, 1.54) is 12.1 Å². The Bertz CT molecular complexity index is 551. The summed E-state index contributed by atoms with van der Waals surface area (Å²) in [5, 5.41) is 0. The van der Waals surface area contributed by atoms with Crippen LogP contribution in [0, 0.1) is 6.92 Å². The molecule has 0 aliphatic heterocycles. The Morgan fingerprint density at radius 1 is 1.05 bits per heavy atom. The predicted octanol–water partition coefficient (Wildman–Crippen LogP) is 1.72. The highest BCUT2D eigenvalue weighted by Crippen LogP contribution is 2.34. The number of benzene rings is 1. The van der Waals surface area contributed by atoms with E-state index in [9.17, 15) is 14.4 Å². The van der Waals surface area contributed by atoms with Crippen LogP contribution >= 0.6 is 0 Å². The van der Waals surface area contributed by atoms with Crippen molar-refractivity contribution in [2.75, 3.05) is 0 Å². The molecule has 0 heterocycles. The smallest absolute Gasteiger partial charge is 0.311 e. The van der Waals surface area contributed by atoms with Gasteiger partial charge >= 0.3 is 11.9 Å². The van der Waals surface area contributed by atoms with Crippen LogP contribution in [0.2, 0.25) is 0 Å². The molecular formula is C14H17NO5. The fraction of sp³-hybridized carbons (Fsp3) is 0.357. The number of carbonyl (C=O) groups excluding carboxylic acids is 3. The Balaban J connectivity index is 3.29. The second-order valence-corrected chi connectivity index (χ2v) is 4.08. The summed E-state index contributed by atoms with van der Waals surface area (Å²) in [7, 11) is 0. The highest BCUT2D eigenvalue weighted by atomic mass is 16.6. The quantitative estimate of drug-likeness (QED) is 0.654. The standard InChI is InChI=1S/C14H17NO5/c1-4-11(16)19-10-7-6-9(14(15)18)8(3)13(10)20-12(17)5-2/h6-7H,4-5H2,1-3H3,(H2,15,18). The summed E-state index contributed by atoms with van der Waals surface area (Å²) >= 11 is 0. The zero-order chi connectivity index (χ0) is 15.3. The molecule has 1 rings (SSSR count). The van der Waals surface area contributed by atoms with E-state index in [0.717, 1.165) is 0 Å². The third kappa shape index (κ3) is 3.57. The molecule has 20 heavy (non-hydrogen) atoms. The molecule has 0 spiro atoms. The number of hydrogen-bond donors (Lipinski definition) is 1. The van der Waals surface area contributed by atoms with Crippen molar-refractivity contribution >= 4 is 17.8 Å². The summed E-state index contributed by atoms with van der Waals surface area (Å²) < 4.78 is 10.2. The van der Waals surface area contributed by atoms with Crippen molar-refractivity contribution in [3.05, 3.63) is 23.3 Å². The van der Waals surface area contributed by atoms with E-state index in [0.29, 0.717) is 5.56 Å². The van der Waals surface area contributed by atoms with Gasteiger partial charge in [-0.15, -0.1) is 0 Å². The Kier molecular flexibility index (Phi) is 5.25. The van der Waals surface area contributed by atoms with Crippen molar-refractivity contribution in [2.24, 2.45) is 5.73 Å². The molecule has 108 valence electrons. The van der Waals surface area contributed by atoms with Crippen LogP contribution in [0.3, 0.4) is 0 Å². The summed E-state index contributed by atoms with van der Waals surface area (Å²) in [4.78, 5) is 34.1. The van der Waals surface area contributed by atoms with Crippen molar-refractivity contribution in [3.63, 3.8) is 0 Å². The largest absolute Gasteiger partial charge is 0.423 e. The average molecular weight is 279 g/mol. The number of nitrogens with two attached hydrogens (primary N) is 1. The number of primary amides is 1. The third-order valence-electron chi connectivity index (χ3n) is 2.65. The molecule has 1 aromatic carbocycles. The number of hydrogen-bond acceptors (Lipinski definition) is 5. The van der Waals surface area contributed by atoms with Crippen LogP contribution in [0.5, 0.6) is 11.5 Å². The van der Waals surface area contributed by atoms with Crippen LogP contribution in [0.15, 0.2) is 12.1 Å². The van der Waals surface area contributed by atoms with Crippen LogP contribution in [-0.2, 0) is 9.59 Å². The van der Waals surface area contributed by atoms with E-state index in [1.54, 1.807) is 20.8 Å². The Hall–Kier alpha value is -2.37. The first-order valence-corrected chi connectivity index (χ1v) is 6.25. The zero-order valence-electron chi connectivity index (χ0n) is 11.7. The number of rotatable bonds is 5. The van der Waals surface area contributed by atoms with Gasteiger partial charge in [0.15, 0.2) is 11.5 Å². The lowest BCUT2D eigenvalue weighted by molar-refractivity contribution is -0.136. The Labute approximate surface area is 116 Å². The molecule has 0 aromatic heterocycles. The summed E-state index contributed by atoms with van der Waals surface area (Å²) in [6.45, 7) is 4.85. The summed E-state index contributed by atoms with van der Waals surface area (Å²) in [5.41, 5.74) is 5.81. The lowest BCUT2D eigenvalue weighted by Crippen LogP contribution is -2.16. The maximum absolute atomic E-state index is 11.4. The third-order valence-corrected chi connectivity index (χ3v) is 2.65. The highest BCUT2D eigenvalue weighted by molar-refractivity contribution is 5.95. The van der Waals surface area contributed by atoms with E-state index in [-0.39, 0.29) is 29.9 Å². The number of carbonyl (C=O) groups is 3. The van der Waals surface area contributed by atoms with Gasteiger partial charge in [-0.25, -0.2) is 0 Å². The molecule has 6 heteroatoms. The molecule has 0 atom stereocenters. The van der Waals surface area contributed by atoms with Crippen LogP contribution in [0.1, 0.15) is 42.6 Å². The molecule has 0 radical (unpaired) electrons. The first-order chi connectivity index (χ1) is 9.40. The maximum Gasteiger partial charge on any atom is 0.311 e. The van der Waals surface area contributed by atoms with Gasteiger partial charge in [-0.2, -0.15) is 0 Å². The van der Waals surface area contributed by atoms with Gasteiger partial charge in [-0.3, -0.25) is 14.4 Å². The van der Waals surface area contributed by atoms with Gasteiger partial charge in [-0.05, 0) is 19.1 Å². The first-order valence-electron chi connectivity index (χ1n) is 6.25. The second-order valence-electron chi connectivity index (χ2n) is 4.08. The molecule has 0 fully saturated rings. The maximum atomic E-state index is 11.4. The topological polar surface area (TPSA) is 95.7 Å². The van der Waals surface area contributed by atoms with E-state index in [1.807, 2.05) is 0 Å². The Morgan fingerprint density at radius 3 is 2.10 bits per heavy atom. The molecule has 0 aliphatic carbocycles. The predicted molar refractivity (Wildman–Crippen MR) is 71.5 cm³/mol. The SMILES string of the molecule is CCC(=O)Oc1ccc(C(N)=O)c(C)c1OC(=O)CC. The lowest BCUT2D eigenvalue weighted by Gasteiger charge is -2.14. The number of esters is 2. The summed E-state index contributed by atoms with van der Waals surface area (Å²) in [6, 6.07) is 2.82. The van der Waals surface area contributed by atoms with Crippen LogP contribution < -0.4 is 15.2 Å². The van der Waals surface area contributed by atoms with Crippen molar-refractivity contribution in [1.29, 1.82) is 0 Å². The minimum Gasteiger partial charge on any atom is -0.423 e. The molecule has 6 nitrogen and oxygen atoms in total. The number of amides is 1. The molecule has 1 aromatic rings. The molecule has 0 aliphatic rings. The van der Waals surface area contributed by atoms with Crippen molar-refractivity contribution in [1.82, 2.24) is 0 Å². The van der Waals surface area contributed by atoms with Crippen molar-refractivity contribution in [2.45, 2.75) is 33.6 Å². The minimum absolute atomic E-state index is 0.0509. The monoisotopic (exact) mass is 279 g/mol. The van der Waals surface area contributed by atoms with Crippen LogP contribution in [-0.4, -0.2) is 17.8 Å². The van der Waals surface area contributed by atoms with E-state index < -0.39 is 17.8 Å². The van der Waals surface area contributed by atoms with Gasteiger partial charge in [0.05, 0.1) is 0 Å². The average Bonchev–Trinajstić information content (AvgIpc) is 2.41. The summed E-state index contributed by atoms with van der Waals surface area (Å²) in [6.07, 6.45) is 0.333. The zero-order valence-corrected chi connectivity index (χ0v) is 11.7. The second kappa shape index (κ2) is 6.70. The van der Waals surface area contributed by atoms with Crippen LogP contribution in [0.4, 0.5) is 0 Å². The van der Waals surface area contributed by atoms with Gasteiger partial charge < -0.3 is 15.2 Å². The fourth-order valence-corrected chi connectivity index (χ4v) is 1.52. The van der Waals surface area contributed by atoms with E-state index >= 15 is 0 Å². The molecular weight excluding hydrogens is 262 g/mol. The highest BCUT2D eigenvalue weighted by Gasteiger charge is 2.19. The molecule has 0 bridgehead atoms. The van der Waals surface area contributed by atoms with E-state index in [4.69, 9.17) is 15.2 Å². The normalized spacial score (nSPS) is 9.95. The van der Waals surface area contributed by atoms with Gasteiger partial charge in [0.25, 0.3) is 0 Å². The van der Waals surface area contributed by atoms with Gasteiger partial charge in [0.2, 0.25) is 5.91 Å². The fourth-order valence-electron chi connectivity index (χ4n) is 1.52. The molecule has 2 N–H and O–H groups in total. The Morgan fingerprint density at radius 2 is 1.60 bits per heavy atom. The first kappa shape index (κ1) is 15.7. The molecule has 0 saturated carbocycles. The van der Waals surface area contributed by atoms with E-state index in [2.05, 4.69) is 0 Å². The van der Waals surface area contributed by atoms with Crippen molar-refractivity contribution in [3.8, 4) is 11.5 Å². The van der Waals surface area contributed by atoms with Gasteiger partial charge in [0, 0.05) is 24.0 Å². The molecule has 0 unspecified atom stereocenters. The molecule has 0 saturated heterocycles. The van der Waals surface area contributed by atoms with Crippen molar-refractivity contribution < 1.29 is 23.9 Å². The lowest BCUT2D eigenvalue weighted by atomic mass is 10.1. The minimum atomic E-state index is -0.648. The molecule has 1 amide bonds. The number of ether oxygens (including phenoxy) is 2. The van der Waals surface area contributed by atoms with Gasteiger partial charge in [0.1, 0.15) is 0 Å². The van der Waals surface area contributed by atoms with Gasteiger partial charge in [-0.1, -0.05) is 13.8 Å². The summed E-state index contributed by atoms with van der Waals surface area (Å²) in [5.74, 6) is -1.46. The van der Waals surface area contributed by atoms with Crippen LogP contribution in [0.25, 0.3) is 0 Å².